The normalized spacial score (nSPS) is 15.2. The van der Waals surface area contributed by atoms with E-state index in [-0.39, 0.29) is 7.04 Å². The molecule has 0 aliphatic rings. The quantitative estimate of drug-likeness (QED) is 0.351. The fourth-order valence-electron chi connectivity index (χ4n) is 0. The summed E-state index contributed by atoms with van der Waals surface area (Å²) in [5.41, 5.74) is 0. The first-order chi connectivity index (χ1) is 1.73. The average molecular weight is 206 g/mol. The van der Waals surface area contributed by atoms with Crippen LogP contribution in [0.2, 0.25) is 0 Å². The molecule has 0 aliphatic carbocycles. The van der Waals surface area contributed by atoms with Crippen LogP contribution in [0.1, 0.15) is 0 Å². The number of hydrogen-bond donors (Lipinski definition) is 1. The second kappa shape index (κ2) is 2.73. The van der Waals surface area contributed by atoms with Crippen LogP contribution in [0.4, 0.5) is 0 Å². The van der Waals surface area contributed by atoms with Crippen molar-refractivity contribution in [3.05, 3.63) is 0 Å². The van der Waals surface area contributed by atoms with Crippen molar-refractivity contribution in [1.29, 1.82) is 0 Å². The van der Waals surface area contributed by atoms with Crippen LogP contribution >= 0.6 is 36.1 Å². The van der Waals surface area contributed by atoms with Gasteiger partial charge in [0, 0.05) is 0 Å². The molecular formula is CH4IPS. The molecule has 0 amide bonds. The third kappa shape index (κ3) is 9.70. The molecule has 0 rings (SSSR count). The van der Waals surface area contributed by atoms with E-state index in [1.807, 2.05) is 0 Å². The van der Waals surface area contributed by atoms with E-state index in [9.17, 15) is 0 Å². The topological polar surface area (TPSA) is 0 Å². The molecular weight excluding hydrogens is 202 g/mol. The van der Waals surface area contributed by atoms with Gasteiger partial charge in [-0.25, -0.2) is 0 Å². The molecule has 0 aromatic carbocycles. The standard InChI is InChI=1S/CH4IPS/c1-4(2)3/h4H,1H3. The Hall–Kier alpha value is 1.51. The number of halogens is 1. The molecule has 0 N–H and O–H groups in total. The fourth-order valence-corrected chi connectivity index (χ4v) is 0. The van der Waals surface area contributed by atoms with Crippen LogP contribution in [0.3, 0.4) is 0 Å². The van der Waals surface area contributed by atoms with Crippen molar-refractivity contribution in [3.8, 4) is 0 Å². The summed E-state index contributed by atoms with van der Waals surface area (Å²) in [5, 5.41) is 0. The zero-order chi connectivity index (χ0) is 3.58. The Balaban J connectivity index is 3.02. The Morgan fingerprint density at radius 2 is 2.00 bits per heavy atom. The van der Waals surface area contributed by atoms with Crippen LogP contribution < -0.4 is 0 Å². The van der Waals surface area contributed by atoms with Crippen molar-refractivity contribution >= 4 is 36.1 Å². The molecule has 0 aromatic rings. The van der Waals surface area contributed by atoms with Gasteiger partial charge in [0.2, 0.25) is 0 Å². The van der Waals surface area contributed by atoms with Crippen LogP contribution in [-0.2, 0) is 0 Å². The van der Waals surface area contributed by atoms with E-state index in [0.717, 1.165) is 0 Å². The molecule has 0 radical (unpaired) electrons. The number of thiol groups is 1. The Morgan fingerprint density at radius 1 is 2.00 bits per heavy atom. The van der Waals surface area contributed by atoms with Crippen LogP contribution in [0.25, 0.3) is 0 Å². The predicted molar refractivity (Wildman–Crippen MR) is 35.9 cm³/mol. The van der Waals surface area contributed by atoms with E-state index in [1.54, 1.807) is 0 Å². The van der Waals surface area contributed by atoms with E-state index in [2.05, 4.69) is 35.3 Å². The molecule has 26 valence electrons. The summed E-state index contributed by atoms with van der Waals surface area (Å²) in [6.45, 7) is 0. The van der Waals surface area contributed by atoms with Gasteiger partial charge in [0.1, 0.15) is 0 Å². The van der Waals surface area contributed by atoms with Crippen molar-refractivity contribution in [3.63, 3.8) is 0 Å². The molecule has 0 bridgehead atoms. The Labute approximate surface area is 42.3 Å². The van der Waals surface area contributed by atoms with Gasteiger partial charge in [-0.2, -0.15) is 0 Å². The average Bonchev–Trinajstić information content (AvgIpc) is 0.811. The molecule has 0 saturated carbocycles. The van der Waals surface area contributed by atoms with Gasteiger partial charge in [-0.15, -0.1) is 0 Å². The summed E-state index contributed by atoms with van der Waals surface area (Å²) < 4.78 is 0. The Kier molecular flexibility index (Phi) is 3.76. The zero-order valence-corrected chi connectivity index (χ0v) is 6.22. The first-order valence-electron chi connectivity index (χ1n) is 0.816. The summed E-state index contributed by atoms with van der Waals surface area (Å²) in [7, 11) is 4.06. The van der Waals surface area contributed by atoms with Gasteiger partial charge in [0.25, 0.3) is 0 Å². The van der Waals surface area contributed by atoms with Crippen LogP contribution in [0, 0.1) is 0 Å². The summed E-state index contributed by atoms with van der Waals surface area (Å²) in [5.74, 6) is 0. The van der Waals surface area contributed by atoms with Crippen molar-refractivity contribution in [2.24, 2.45) is 0 Å². The third-order valence-electron chi connectivity index (χ3n) is 0. The third-order valence-corrected chi connectivity index (χ3v) is 0. The van der Waals surface area contributed by atoms with Crippen molar-refractivity contribution in [1.82, 2.24) is 0 Å². The fraction of sp³-hybridized carbons (Fsp3) is 1.00. The molecule has 0 saturated heterocycles. The maximum atomic E-state index is 4.02. The van der Waals surface area contributed by atoms with Crippen molar-refractivity contribution < 1.29 is 0 Å². The van der Waals surface area contributed by atoms with Gasteiger partial charge >= 0.3 is 42.3 Å². The van der Waals surface area contributed by atoms with Crippen LogP contribution in [0.5, 0.6) is 0 Å². The molecule has 3 heteroatoms. The molecule has 0 aromatic heterocycles. The SMILES string of the molecule is C[SH](#P)I. The molecule has 4 heavy (non-hydrogen) atoms. The van der Waals surface area contributed by atoms with E-state index < -0.39 is 0 Å². The monoisotopic (exact) mass is 206 g/mol. The summed E-state index contributed by atoms with van der Waals surface area (Å²) >= 11 is 2.27. The molecule has 0 heterocycles. The maximum absolute atomic E-state index is 4.02. The van der Waals surface area contributed by atoms with E-state index in [0.29, 0.717) is 0 Å². The Morgan fingerprint density at radius 3 is 2.00 bits per heavy atom. The van der Waals surface area contributed by atoms with Gasteiger partial charge in [-0.3, -0.25) is 0 Å². The van der Waals surface area contributed by atoms with Gasteiger partial charge < -0.3 is 0 Å². The van der Waals surface area contributed by atoms with Gasteiger partial charge in [-0.05, 0) is 0 Å². The number of hydrogen-bond acceptors (Lipinski definition) is 0. The molecule has 0 fully saturated rings. The first-order valence-corrected chi connectivity index (χ1v) is 6.54. The summed E-state index contributed by atoms with van der Waals surface area (Å²) in [6, 6.07) is 0. The zero-order valence-electron chi connectivity index (χ0n) is 2.27. The number of rotatable bonds is 0. The second-order valence-electron chi connectivity index (χ2n) is 0.445. The molecule has 0 aliphatic heterocycles. The van der Waals surface area contributed by atoms with E-state index >= 15 is 0 Å². The minimum atomic E-state index is 0.0441. The minimum absolute atomic E-state index is 0.0441. The first kappa shape index (κ1) is 5.51. The molecule has 0 nitrogen and oxygen atoms in total. The van der Waals surface area contributed by atoms with E-state index in [4.69, 9.17) is 0 Å². The van der Waals surface area contributed by atoms with E-state index in [1.165, 1.54) is 0 Å². The van der Waals surface area contributed by atoms with Crippen LogP contribution in [-0.4, -0.2) is 6.26 Å². The summed E-state index contributed by atoms with van der Waals surface area (Å²) in [4.78, 5) is 0. The Bertz CT molecular complexity index is 54.2. The molecule has 1 atom stereocenters. The summed E-state index contributed by atoms with van der Waals surface area (Å²) in [6.07, 6.45) is 2.08. The van der Waals surface area contributed by atoms with Gasteiger partial charge in [-0.1, -0.05) is 0 Å². The molecule has 0 spiro atoms. The van der Waals surface area contributed by atoms with Crippen LogP contribution in [0.15, 0.2) is 0 Å². The predicted octanol–water partition coefficient (Wildman–Crippen LogP) is 2.29. The second-order valence-corrected chi connectivity index (χ2v) is 9.77. The van der Waals surface area contributed by atoms with Gasteiger partial charge in [0.15, 0.2) is 0 Å². The molecule has 1 unspecified atom stereocenters. The van der Waals surface area contributed by atoms with Crippen molar-refractivity contribution in [2.45, 2.75) is 0 Å². The van der Waals surface area contributed by atoms with Crippen molar-refractivity contribution in [2.75, 3.05) is 6.26 Å². The van der Waals surface area contributed by atoms with Gasteiger partial charge in [0.05, 0.1) is 0 Å².